The number of nitrogens with zero attached hydrogens (tertiary/aromatic N) is 5. The molecule has 4 rings (SSSR count). The monoisotopic (exact) mass is 422 g/mol. The Bertz CT molecular complexity index is 1050. The van der Waals surface area contributed by atoms with Crippen molar-refractivity contribution in [1.82, 2.24) is 19.7 Å². The van der Waals surface area contributed by atoms with E-state index in [1.807, 2.05) is 20.2 Å². The summed E-state index contributed by atoms with van der Waals surface area (Å²) in [6.07, 6.45) is 8.52. The van der Waals surface area contributed by atoms with Crippen LogP contribution in [0.1, 0.15) is 54.2 Å². The average molecular weight is 423 g/mol. The van der Waals surface area contributed by atoms with E-state index in [0.717, 1.165) is 41.2 Å². The van der Waals surface area contributed by atoms with Gasteiger partial charge in [-0.2, -0.15) is 5.10 Å². The summed E-state index contributed by atoms with van der Waals surface area (Å²) in [4.78, 5) is 24.0. The SMILES string of the molecule is CCOC(=O)c1cnc2c(c(C)nn2C)c1NCc1ccc(N2CCCCCC2)nc1. The second-order valence-corrected chi connectivity index (χ2v) is 7.95. The van der Waals surface area contributed by atoms with Crippen LogP contribution in [-0.2, 0) is 18.3 Å². The highest BCUT2D eigenvalue weighted by atomic mass is 16.5. The third kappa shape index (κ3) is 4.47. The van der Waals surface area contributed by atoms with Crippen LogP contribution in [0.4, 0.5) is 11.5 Å². The van der Waals surface area contributed by atoms with Crippen molar-refractivity contribution in [3.05, 3.63) is 41.3 Å². The maximum Gasteiger partial charge on any atom is 0.341 e. The van der Waals surface area contributed by atoms with Gasteiger partial charge in [0.25, 0.3) is 0 Å². The van der Waals surface area contributed by atoms with Gasteiger partial charge in [0.05, 0.1) is 23.4 Å². The second kappa shape index (κ2) is 9.32. The fraction of sp³-hybridized carbons (Fsp3) is 0.478. The minimum absolute atomic E-state index is 0.310. The first-order valence-electron chi connectivity index (χ1n) is 11.0. The summed E-state index contributed by atoms with van der Waals surface area (Å²) in [5, 5.41) is 8.73. The first kappa shape index (κ1) is 21.1. The lowest BCUT2D eigenvalue weighted by Gasteiger charge is -2.21. The standard InChI is InChI=1S/C23H30N6O2/c1-4-31-23(30)18-15-26-22-20(16(2)27-28(22)3)21(18)25-14-17-9-10-19(24-13-17)29-11-7-5-6-8-12-29/h9-10,13,15H,4-8,11-12,14H2,1-3H3,(H,25,26). The molecule has 0 spiro atoms. The van der Waals surface area contributed by atoms with Crippen molar-refractivity contribution in [1.29, 1.82) is 0 Å². The molecule has 4 heterocycles. The first-order valence-corrected chi connectivity index (χ1v) is 11.0. The quantitative estimate of drug-likeness (QED) is 0.604. The van der Waals surface area contributed by atoms with Gasteiger partial charge in [-0.3, -0.25) is 4.68 Å². The Balaban J connectivity index is 1.57. The van der Waals surface area contributed by atoms with Crippen LogP contribution in [-0.4, -0.2) is 45.4 Å². The van der Waals surface area contributed by atoms with E-state index >= 15 is 0 Å². The van der Waals surface area contributed by atoms with Crippen molar-refractivity contribution in [3.8, 4) is 0 Å². The van der Waals surface area contributed by atoms with E-state index in [0.29, 0.717) is 24.4 Å². The van der Waals surface area contributed by atoms with Gasteiger partial charge < -0.3 is 15.0 Å². The fourth-order valence-electron chi connectivity index (χ4n) is 4.16. The summed E-state index contributed by atoms with van der Waals surface area (Å²) in [6.45, 7) is 6.70. The zero-order chi connectivity index (χ0) is 21.8. The molecule has 0 aromatic carbocycles. The number of pyridine rings is 2. The van der Waals surface area contributed by atoms with Gasteiger partial charge in [0, 0.05) is 39.1 Å². The topological polar surface area (TPSA) is 85.2 Å². The maximum absolute atomic E-state index is 12.5. The summed E-state index contributed by atoms with van der Waals surface area (Å²) in [5.74, 6) is 0.643. The average Bonchev–Trinajstić information content (AvgIpc) is 2.95. The van der Waals surface area contributed by atoms with E-state index in [2.05, 4.69) is 32.4 Å². The number of nitrogens with one attached hydrogen (secondary N) is 1. The number of hydrogen-bond acceptors (Lipinski definition) is 7. The van der Waals surface area contributed by atoms with Crippen LogP contribution in [0.15, 0.2) is 24.5 Å². The molecule has 31 heavy (non-hydrogen) atoms. The van der Waals surface area contributed by atoms with E-state index in [1.165, 1.54) is 25.7 Å². The molecule has 1 fully saturated rings. The number of anilines is 2. The number of ether oxygens (including phenoxy) is 1. The molecule has 1 saturated heterocycles. The van der Waals surface area contributed by atoms with E-state index in [-0.39, 0.29) is 0 Å². The number of fused-ring (bicyclic) bond motifs is 1. The smallest absolute Gasteiger partial charge is 0.341 e. The normalized spacial score (nSPS) is 14.5. The van der Waals surface area contributed by atoms with Gasteiger partial charge in [0.1, 0.15) is 11.4 Å². The molecule has 1 N–H and O–H groups in total. The third-order valence-electron chi connectivity index (χ3n) is 5.73. The highest BCUT2D eigenvalue weighted by molar-refractivity contribution is 6.05. The number of esters is 1. The molecule has 0 unspecified atom stereocenters. The van der Waals surface area contributed by atoms with Crippen molar-refractivity contribution in [2.24, 2.45) is 7.05 Å². The Morgan fingerprint density at radius 2 is 1.90 bits per heavy atom. The molecule has 3 aromatic rings. The Morgan fingerprint density at radius 1 is 1.13 bits per heavy atom. The van der Waals surface area contributed by atoms with Crippen LogP contribution in [0.5, 0.6) is 0 Å². The number of aromatic nitrogens is 4. The number of hydrogen-bond donors (Lipinski definition) is 1. The van der Waals surface area contributed by atoms with Gasteiger partial charge in [-0.05, 0) is 38.3 Å². The zero-order valence-corrected chi connectivity index (χ0v) is 18.5. The number of rotatable bonds is 6. The van der Waals surface area contributed by atoms with Crippen LogP contribution >= 0.6 is 0 Å². The summed E-state index contributed by atoms with van der Waals surface area (Å²) in [5.41, 5.74) is 3.70. The van der Waals surface area contributed by atoms with E-state index < -0.39 is 5.97 Å². The first-order chi connectivity index (χ1) is 15.1. The Hall–Kier alpha value is -3.16. The zero-order valence-electron chi connectivity index (χ0n) is 18.5. The molecule has 0 bridgehead atoms. The highest BCUT2D eigenvalue weighted by Crippen LogP contribution is 2.29. The van der Waals surface area contributed by atoms with Gasteiger partial charge in [-0.1, -0.05) is 18.9 Å². The van der Waals surface area contributed by atoms with E-state index in [1.54, 1.807) is 17.8 Å². The number of carbonyl (C=O) groups excluding carboxylic acids is 1. The van der Waals surface area contributed by atoms with Crippen molar-refractivity contribution >= 4 is 28.5 Å². The molecule has 8 heteroatoms. The molecule has 8 nitrogen and oxygen atoms in total. The maximum atomic E-state index is 12.5. The van der Waals surface area contributed by atoms with Crippen molar-refractivity contribution < 1.29 is 9.53 Å². The molecule has 0 amide bonds. The van der Waals surface area contributed by atoms with E-state index in [4.69, 9.17) is 9.72 Å². The van der Waals surface area contributed by atoms with Crippen LogP contribution < -0.4 is 10.2 Å². The lowest BCUT2D eigenvalue weighted by atomic mass is 10.1. The molecular weight excluding hydrogens is 392 g/mol. The Labute approximate surface area is 182 Å². The lowest BCUT2D eigenvalue weighted by Crippen LogP contribution is -2.24. The Kier molecular flexibility index (Phi) is 6.34. The van der Waals surface area contributed by atoms with Crippen molar-refractivity contribution in [2.45, 2.75) is 46.1 Å². The fourth-order valence-corrected chi connectivity index (χ4v) is 4.16. The van der Waals surface area contributed by atoms with Crippen molar-refractivity contribution in [2.75, 3.05) is 29.9 Å². The molecule has 3 aromatic heterocycles. The molecule has 1 aliphatic rings. The molecule has 1 aliphatic heterocycles. The molecule has 0 saturated carbocycles. The van der Waals surface area contributed by atoms with Crippen molar-refractivity contribution in [3.63, 3.8) is 0 Å². The molecular formula is C23H30N6O2. The summed E-state index contributed by atoms with van der Waals surface area (Å²) >= 11 is 0. The molecule has 0 atom stereocenters. The number of carbonyl (C=O) groups is 1. The lowest BCUT2D eigenvalue weighted by molar-refractivity contribution is 0.0527. The Morgan fingerprint density at radius 3 is 2.58 bits per heavy atom. The molecule has 0 radical (unpaired) electrons. The minimum Gasteiger partial charge on any atom is -0.462 e. The second-order valence-electron chi connectivity index (χ2n) is 7.95. The van der Waals surface area contributed by atoms with Gasteiger partial charge in [0.15, 0.2) is 5.65 Å². The van der Waals surface area contributed by atoms with Crippen LogP contribution in [0, 0.1) is 6.92 Å². The molecule has 0 aliphatic carbocycles. The summed E-state index contributed by atoms with van der Waals surface area (Å²) < 4.78 is 6.97. The van der Waals surface area contributed by atoms with Crippen LogP contribution in [0.2, 0.25) is 0 Å². The summed E-state index contributed by atoms with van der Waals surface area (Å²) in [6, 6.07) is 4.19. The van der Waals surface area contributed by atoms with Gasteiger partial charge in [0.2, 0.25) is 0 Å². The van der Waals surface area contributed by atoms with Crippen LogP contribution in [0.3, 0.4) is 0 Å². The highest BCUT2D eigenvalue weighted by Gasteiger charge is 2.20. The largest absolute Gasteiger partial charge is 0.462 e. The molecule has 164 valence electrons. The van der Waals surface area contributed by atoms with Gasteiger partial charge in [-0.25, -0.2) is 14.8 Å². The van der Waals surface area contributed by atoms with Crippen LogP contribution in [0.25, 0.3) is 11.0 Å². The predicted octanol–water partition coefficient (Wildman–Crippen LogP) is 3.84. The predicted molar refractivity (Wildman–Crippen MR) is 121 cm³/mol. The third-order valence-corrected chi connectivity index (χ3v) is 5.73. The number of aryl methyl sites for hydroxylation is 2. The van der Waals surface area contributed by atoms with Gasteiger partial charge >= 0.3 is 5.97 Å². The minimum atomic E-state index is -0.391. The van der Waals surface area contributed by atoms with E-state index in [9.17, 15) is 4.79 Å². The van der Waals surface area contributed by atoms with Gasteiger partial charge in [-0.15, -0.1) is 0 Å². The summed E-state index contributed by atoms with van der Waals surface area (Å²) in [7, 11) is 1.85.